The quantitative estimate of drug-likeness (QED) is 0.889. The molecule has 2 N–H and O–H groups in total. The van der Waals surface area contributed by atoms with Gasteiger partial charge in [-0.25, -0.2) is 0 Å². The highest BCUT2D eigenvalue weighted by Crippen LogP contribution is 2.17. The van der Waals surface area contributed by atoms with Crippen LogP contribution in [0.1, 0.15) is 25.3 Å². The Balaban J connectivity index is 1.85. The topological polar surface area (TPSA) is 41.1 Å². The average Bonchev–Trinajstić information content (AvgIpc) is 2.42. The lowest BCUT2D eigenvalue weighted by Crippen LogP contribution is -2.44. The summed E-state index contributed by atoms with van der Waals surface area (Å²) in [6, 6.07) is 7.89. The number of rotatable bonds is 4. The summed E-state index contributed by atoms with van der Waals surface area (Å²) in [6.45, 7) is 3.85. The van der Waals surface area contributed by atoms with Crippen molar-refractivity contribution in [2.75, 3.05) is 13.1 Å². The summed E-state index contributed by atoms with van der Waals surface area (Å²) < 4.78 is 0. The van der Waals surface area contributed by atoms with E-state index >= 15 is 0 Å². The summed E-state index contributed by atoms with van der Waals surface area (Å²) in [7, 11) is 0. The second-order valence-electron chi connectivity index (χ2n) is 5.25. The van der Waals surface area contributed by atoms with E-state index in [1.807, 2.05) is 31.2 Å². The Morgan fingerprint density at radius 1 is 1.53 bits per heavy atom. The normalized spacial score (nSPS) is 20.8. The van der Waals surface area contributed by atoms with E-state index in [1.165, 1.54) is 0 Å². The standard InChI is InChI=1S/C15H21ClN2O/c1-11(9-12-5-2-3-7-14(12)16)18-15(19)13-6-4-8-17-10-13/h2-3,5,7,11,13,17H,4,6,8-10H2,1H3,(H,18,19)/t11?,13-/m1/s1. The lowest BCUT2D eigenvalue weighted by Gasteiger charge is -2.24. The van der Waals surface area contributed by atoms with Crippen LogP contribution in [0.4, 0.5) is 0 Å². The second-order valence-corrected chi connectivity index (χ2v) is 5.66. The maximum Gasteiger partial charge on any atom is 0.224 e. The molecule has 1 amide bonds. The molecule has 104 valence electrons. The molecule has 1 aromatic rings. The highest BCUT2D eigenvalue weighted by molar-refractivity contribution is 6.31. The number of piperidine rings is 1. The first-order valence-electron chi connectivity index (χ1n) is 6.91. The van der Waals surface area contributed by atoms with Gasteiger partial charge < -0.3 is 10.6 Å². The monoisotopic (exact) mass is 280 g/mol. The molecular weight excluding hydrogens is 260 g/mol. The number of halogens is 1. The number of carbonyl (C=O) groups is 1. The summed E-state index contributed by atoms with van der Waals surface area (Å²) in [5, 5.41) is 7.12. The van der Waals surface area contributed by atoms with E-state index in [2.05, 4.69) is 10.6 Å². The summed E-state index contributed by atoms with van der Waals surface area (Å²) in [5.74, 6) is 0.272. The van der Waals surface area contributed by atoms with Crippen molar-refractivity contribution in [1.29, 1.82) is 0 Å². The third kappa shape index (κ3) is 4.22. The predicted octanol–water partition coefficient (Wildman–Crippen LogP) is 2.39. The van der Waals surface area contributed by atoms with Crippen LogP contribution in [0.3, 0.4) is 0 Å². The van der Waals surface area contributed by atoms with Crippen molar-refractivity contribution < 1.29 is 4.79 Å². The average molecular weight is 281 g/mol. The highest BCUT2D eigenvalue weighted by atomic mass is 35.5. The van der Waals surface area contributed by atoms with Crippen LogP contribution in [-0.2, 0) is 11.2 Å². The fourth-order valence-electron chi connectivity index (χ4n) is 2.48. The molecule has 0 spiro atoms. The van der Waals surface area contributed by atoms with Crippen molar-refractivity contribution in [3.8, 4) is 0 Å². The van der Waals surface area contributed by atoms with E-state index in [0.29, 0.717) is 0 Å². The van der Waals surface area contributed by atoms with Gasteiger partial charge in [-0.05, 0) is 44.4 Å². The lowest BCUT2D eigenvalue weighted by atomic mass is 9.98. The first-order valence-corrected chi connectivity index (χ1v) is 7.29. The molecule has 19 heavy (non-hydrogen) atoms. The Morgan fingerprint density at radius 3 is 3.00 bits per heavy atom. The van der Waals surface area contributed by atoms with E-state index in [1.54, 1.807) is 0 Å². The van der Waals surface area contributed by atoms with Crippen LogP contribution in [0.5, 0.6) is 0 Å². The van der Waals surface area contributed by atoms with Crippen molar-refractivity contribution in [2.45, 2.75) is 32.2 Å². The summed E-state index contributed by atoms with van der Waals surface area (Å²) in [5.41, 5.74) is 1.08. The molecule has 1 saturated heterocycles. The molecule has 2 rings (SSSR count). The molecule has 0 radical (unpaired) electrons. The van der Waals surface area contributed by atoms with Gasteiger partial charge in [0, 0.05) is 17.6 Å². The van der Waals surface area contributed by atoms with Gasteiger partial charge >= 0.3 is 0 Å². The zero-order valence-electron chi connectivity index (χ0n) is 11.3. The molecule has 1 unspecified atom stereocenters. The molecule has 2 atom stereocenters. The van der Waals surface area contributed by atoms with Gasteiger partial charge in [-0.3, -0.25) is 4.79 Å². The Morgan fingerprint density at radius 2 is 2.32 bits per heavy atom. The fourth-order valence-corrected chi connectivity index (χ4v) is 2.69. The van der Waals surface area contributed by atoms with Gasteiger partial charge in [-0.1, -0.05) is 29.8 Å². The van der Waals surface area contributed by atoms with Gasteiger partial charge in [0.2, 0.25) is 5.91 Å². The zero-order chi connectivity index (χ0) is 13.7. The number of nitrogens with one attached hydrogen (secondary N) is 2. The van der Waals surface area contributed by atoms with Crippen LogP contribution >= 0.6 is 11.6 Å². The van der Waals surface area contributed by atoms with Crippen molar-refractivity contribution in [2.24, 2.45) is 5.92 Å². The number of amides is 1. The zero-order valence-corrected chi connectivity index (χ0v) is 12.0. The maximum absolute atomic E-state index is 12.1. The number of benzene rings is 1. The molecule has 3 nitrogen and oxygen atoms in total. The smallest absolute Gasteiger partial charge is 0.224 e. The Kier molecular flexibility index (Phi) is 5.23. The van der Waals surface area contributed by atoms with E-state index < -0.39 is 0 Å². The van der Waals surface area contributed by atoms with Crippen molar-refractivity contribution in [3.63, 3.8) is 0 Å². The molecule has 1 fully saturated rings. The minimum atomic E-state index is 0.106. The Hall–Kier alpha value is -1.06. The van der Waals surface area contributed by atoms with E-state index in [0.717, 1.165) is 42.9 Å². The molecular formula is C15H21ClN2O. The number of hydrogen-bond acceptors (Lipinski definition) is 2. The van der Waals surface area contributed by atoms with Gasteiger partial charge in [0.15, 0.2) is 0 Å². The minimum Gasteiger partial charge on any atom is -0.353 e. The van der Waals surface area contributed by atoms with Gasteiger partial charge in [0.25, 0.3) is 0 Å². The molecule has 1 aromatic carbocycles. The van der Waals surface area contributed by atoms with Crippen LogP contribution in [0.2, 0.25) is 5.02 Å². The first kappa shape index (κ1) is 14.4. The van der Waals surface area contributed by atoms with Crippen molar-refractivity contribution in [1.82, 2.24) is 10.6 Å². The van der Waals surface area contributed by atoms with Crippen LogP contribution in [0, 0.1) is 5.92 Å². The Bertz CT molecular complexity index is 430. The van der Waals surface area contributed by atoms with Crippen LogP contribution < -0.4 is 10.6 Å². The van der Waals surface area contributed by atoms with Crippen LogP contribution in [0.25, 0.3) is 0 Å². The maximum atomic E-state index is 12.1. The molecule has 0 bridgehead atoms. The van der Waals surface area contributed by atoms with Gasteiger partial charge in [-0.15, -0.1) is 0 Å². The first-order chi connectivity index (χ1) is 9.16. The number of carbonyl (C=O) groups excluding carboxylic acids is 1. The van der Waals surface area contributed by atoms with E-state index in [-0.39, 0.29) is 17.9 Å². The molecule has 4 heteroatoms. The fraction of sp³-hybridized carbons (Fsp3) is 0.533. The molecule has 1 aliphatic rings. The molecule has 1 heterocycles. The van der Waals surface area contributed by atoms with E-state index in [4.69, 9.17) is 11.6 Å². The molecule has 1 aliphatic heterocycles. The van der Waals surface area contributed by atoms with Gasteiger partial charge in [0.1, 0.15) is 0 Å². The minimum absolute atomic E-state index is 0.106. The SMILES string of the molecule is CC(Cc1ccccc1Cl)NC(=O)[C@@H]1CCCNC1. The summed E-state index contributed by atoms with van der Waals surface area (Å²) in [6.07, 6.45) is 2.83. The second kappa shape index (κ2) is 6.92. The molecule has 0 saturated carbocycles. The van der Waals surface area contributed by atoms with Crippen LogP contribution in [-0.4, -0.2) is 25.0 Å². The van der Waals surface area contributed by atoms with E-state index in [9.17, 15) is 4.79 Å². The van der Waals surface area contributed by atoms with Crippen LogP contribution in [0.15, 0.2) is 24.3 Å². The molecule has 0 aromatic heterocycles. The lowest BCUT2D eigenvalue weighted by molar-refractivity contribution is -0.126. The number of hydrogen-bond donors (Lipinski definition) is 2. The largest absolute Gasteiger partial charge is 0.353 e. The van der Waals surface area contributed by atoms with Gasteiger partial charge in [-0.2, -0.15) is 0 Å². The molecule has 0 aliphatic carbocycles. The summed E-state index contributed by atoms with van der Waals surface area (Å²) >= 11 is 6.13. The summed E-state index contributed by atoms with van der Waals surface area (Å²) in [4.78, 5) is 12.1. The van der Waals surface area contributed by atoms with Crippen molar-refractivity contribution in [3.05, 3.63) is 34.9 Å². The van der Waals surface area contributed by atoms with Gasteiger partial charge in [0.05, 0.1) is 5.92 Å². The van der Waals surface area contributed by atoms with Crippen molar-refractivity contribution >= 4 is 17.5 Å². The third-order valence-electron chi connectivity index (χ3n) is 3.54. The Labute approximate surface area is 119 Å². The third-order valence-corrected chi connectivity index (χ3v) is 3.91. The predicted molar refractivity (Wildman–Crippen MR) is 78.4 cm³/mol. The highest BCUT2D eigenvalue weighted by Gasteiger charge is 2.22.